The number of aryl methyl sites for hydroxylation is 2. The van der Waals surface area contributed by atoms with E-state index >= 15 is 0 Å². The Bertz CT molecular complexity index is 2050. The average Bonchev–Trinajstić information content (AvgIpc) is 3.18. The van der Waals surface area contributed by atoms with Gasteiger partial charge >= 0.3 is 15.2 Å². The zero-order valence-electron chi connectivity index (χ0n) is 30.5. The third-order valence-electron chi connectivity index (χ3n) is 9.50. The molecule has 0 atom stereocenters. The van der Waals surface area contributed by atoms with Crippen molar-refractivity contribution in [2.75, 3.05) is 9.80 Å². The fourth-order valence-corrected chi connectivity index (χ4v) is 7.55. The summed E-state index contributed by atoms with van der Waals surface area (Å²) >= 11 is 0. The number of unbranched alkanes of at least 4 members (excludes halogenated alkanes) is 2. The van der Waals surface area contributed by atoms with Crippen LogP contribution >= 0.6 is 15.2 Å². The molecule has 8 nitrogen and oxygen atoms in total. The van der Waals surface area contributed by atoms with Crippen LogP contribution in [0.15, 0.2) is 146 Å². The number of nitrogens with zero attached hydrogens (tertiary/aromatic N) is 2. The number of hydrogen-bond donors (Lipinski definition) is 4. The van der Waals surface area contributed by atoms with E-state index in [9.17, 15) is 28.7 Å². The standard InChI is InChI=1S/C44H46N2O6P2/c1-3-5-7-33-9-17-37(18-10-33)45(41-25-29-43(30-26-41)53(47,48)49)39-21-13-35(14-22-39)36-15-23-40(24-16-36)46(38-19-11-34(12-20-38)8-6-4-2)42-27-31-44(32-28-42)54(50,51)52/h9-32H,3-8H2,1-2H3,(H2,47,48,49)(H2,50,51,52). The van der Waals surface area contributed by atoms with Crippen LogP contribution in [-0.2, 0) is 22.0 Å². The first-order chi connectivity index (χ1) is 25.9. The summed E-state index contributed by atoms with van der Waals surface area (Å²) in [7, 11) is -8.76. The van der Waals surface area contributed by atoms with Crippen molar-refractivity contribution in [3.05, 3.63) is 157 Å². The maximum Gasteiger partial charge on any atom is 0.356 e. The van der Waals surface area contributed by atoms with E-state index in [0.717, 1.165) is 83.8 Å². The van der Waals surface area contributed by atoms with Gasteiger partial charge in [-0.1, -0.05) is 75.2 Å². The van der Waals surface area contributed by atoms with Gasteiger partial charge in [0.1, 0.15) is 0 Å². The SMILES string of the molecule is CCCCc1ccc(N(c2ccc(-c3ccc(N(c4ccc(CCCC)cc4)c4ccc(P(=O)(O)O)cc4)cc3)cc2)c2ccc(P(=O)(O)O)cc2)cc1. The van der Waals surface area contributed by atoms with Crippen molar-refractivity contribution in [1.29, 1.82) is 0 Å². The highest BCUT2D eigenvalue weighted by Gasteiger charge is 2.20. The molecule has 54 heavy (non-hydrogen) atoms. The van der Waals surface area contributed by atoms with Gasteiger partial charge in [0, 0.05) is 34.1 Å². The molecule has 0 radical (unpaired) electrons. The Balaban J connectivity index is 1.31. The number of benzene rings is 6. The van der Waals surface area contributed by atoms with E-state index < -0.39 is 15.2 Å². The molecular weight excluding hydrogens is 714 g/mol. The lowest BCUT2D eigenvalue weighted by Gasteiger charge is -2.27. The Morgan fingerprint density at radius 1 is 0.389 bits per heavy atom. The van der Waals surface area contributed by atoms with Crippen molar-refractivity contribution in [1.82, 2.24) is 0 Å². The summed E-state index contributed by atoms with van der Waals surface area (Å²) in [5, 5.41) is -0.0544. The summed E-state index contributed by atoms with van der Waals surface area (Å²) in [5.41, 5.74) is 9.75. The maximum atomic E-state index is 11.9. The van der Waals surface area contributed by atoms with Gasteiger partial charge < -0.3 is 29.4 Å². The van der Waals surface area contributed by atoms with Gasteiger partial charge in [-0.2, -0.15) is 0 Å². The lowest BCUT2D eigenvalue weighted by Crippen LogP contribution is -2.12. The third-order valence-corrected chi connectivity index (χ3v) is 11.4. The summed E-state index contributed by atoms with van der Waals surface area (Å²) in [5.74, 6) is 0. The fraction of sp³-hybridized carbons (Fsp3) is 0.182. The van der Waals surface area contributed by atoms with Crippen LogP contribution < -0.4 is 20.4 Å². The fourth-order valence-electron chi connectivity index (χ4n) is 6.48. The molecule has 278 valence electrons. The molecule has 0 aromatic heterocycles. The number of rotatable bonds is 15. The van der Waals surface area contributed by atoms with Gasteiger partial charge in [0.15, 0.2) is 0 Å². The molecule has 0 unspecified atom stereocenters. The zero-order valence-corrected chi connectivity index (χ0v) is 32.3. The van der Waals surface area contributed by atoms with E-state index in [-0.39, 0.29) is 10.6 Å². The minimum atomic E-state index is -4.38. The van der Waals surface area contributed by atoms with E-state index in [2.05, 4.69) is 96.4 Å². The third kappa shape index (κ3) is 9.47. The Morgan fingerprint density at radius 2 is 0.630 bits per heavy atom. The Morgan fingerprint density at radius 3 is 0.870 bits per heavy atom. The monoisotopic (exact) mass is 760 g/mol. The van der Waals surface area contributed by atoms with E-state index in [0.29, 0.717) is 0 Å². The first kappa shape index (κ1) is 38.9. The maximum absolute atomic E-state index is 11.9. The van der Waals surface area contributed by atoms with Crippen LogP contribution in [0.1, 0.15) is 50.7 Å². The molecule has 0 bridgehead atoms. The molecular formula is C44H46N2O6P2. The van der Waals surface area contributed by atoms with Gasteiger partial charge in [0.25, 0.3) is 0 Å². The summed E-state index contributed by atoms with van der Waals surface area (Å²) in [4.78, 5) is 42.9. The van der Waals surface area contributed by atoms with Crippen molar-refractivity contribution in [2.24, 2.45) is 0 Å². The van der Waals surface area contributed by atoms with E-state index in [1.54, 1.807) is 24.3 Å². The van der Waals surface area contributed by atoms with Crippen molar-refractivity contribution < 1.29 is 28.7 Å². The van der Waals surface area contributed by atoms with Crippen LogP contribution in [0, 0.1) is 0 Å². The molecule has 0 aliphatic rings. The normalized spacial score (nSPS) is 11.7. The molecule has 6 rings (SSSR count). The van der Waals surface area contributed by atoms with Crippen LogP contribution in [0.5, 0.6) is 0 Å². The Kier molecular flexibility index (Phi) is 12.4. The minimum Gasteiger partial charge on any atom is -0.321 e. The second-order valence-corrected chi connectivity index (χ2v) is 16.6. The van der Waals surface area contributed by atoms with Crippen molar-refractivity contribution in [3.8, 4) is 11.1 Å². The lowest BCUT2D eigenvalue weighted by molar-refractivity contribution is 0.385. The predicted molar refractivity (Wildman–Crippen MR) is 222 cm³/mol. The zero-order chi connectivity index (χ0) is 38.3. The summed E-state index contributed by atoms with van der Waals surface area (Å²) in [6.07, 6.45) is 6.49. The highest BCUT2D eigenvalue weighted by molar-refractivity contribution is 7.60. The number of anilines is 6. The molecule has 0 aliphatic carbocycles. The van der Waals surface area contributed by atoms with Gasteiger partial charge in [-0.05, 0) is 145 Å². The Hall–Kier alpha value is -4.78. The van der Waals surface area contributed by atoms with Crippen LogP contribution in [0.4, 0.5) is 34.1 Å². The van der Waals surface area contributed by atoms with Gasteiger partial charge in [0.05, 0.1) is 10.6 Å². The van der Waals surface area contributed by atoms with Crippen LogP contribution in [-0.4, -0.2) is 19.6 Å². The summed E-state index contributed by atoms with van der Waals surface area (Å²) < 4.78 is 23.8. The van der Waals surface area contributed by atoms with Crippen LogP contribution in [0.3, 0.4) is 0 Å². The van der Waals surface area contributed by atoms with E-state index in [4.69, 9.17) is 0 Å². The average molecular weight is 761 g/mol. The quantitative estimate of drug-likeness (QED) is 0.0764. The van der Waals surface area contributed by atoms with E-state index in [1.165, 1.54) is 35.4 Å². The van der Waals surface area contributed by atoms with Crippen LogP contribution in [0.25, 0.3) is 11.1 Å². The number of hydrogen-bond acceptors (Lipinski definition) is 4. The molecule has 0 amide bonds. The van der Waals surface area contributed by atoms with Gasteiger partial charge in [-0.3, -0.25) is 9.13 Å². The highest BCUT2D eigenvalue weighted by atomic mass is 31.2. The molecule has 0 fully saturated rings. The molecule has 0 spiro atoms. The minimum absolute atomic E-state index is 0.0272. The Labute approximate surface area is 317 Å². The molecule has 6 aromatic rings. The molecule has 0 aliphatic heterocycles. The summed E-state index contributed by atoms with van der Waals surface area (Å²) in [6, 6.07) is 46.1. The first-order valence-electron chi connectivity index (χ1n) is 18.3. The molecule has 10 heteroatoms. The molecule has 0 saturated heterocycles. The van der Waals surface area contributed by atoms with Crippen molar-refractivity contribution in [2.45, 2.75) is 52.4 Å². The molecule has 0 saturated carbocycles. The largest absolute Gasteiger partial charge is 0.356 e. The van der Waals surface area contributed by atoms with Crippen molar-refractivity contribution >= 4 is 59.9 Å². The smallest absolute Gasteiger partial charge is 0.321 e. The lowest BCUT2D eigenvalue weighted by atomic mass is 10.0. The van der Waals surface area contributed by atoms with Crippen LogP contribution in [0.2, 0.25) is 0 Å². The van der Waals surface area contributed by atoms with Crippen molar-refractivity contribution in [3.63, 3.8) is 0 Å². The second-order valence-electron chi connectivity index (χ2n) is 13.4. The molecule has 6 aromatic carbocycles. The predicted octanol–water partition coefficient (Wildman–Crippen LogP) is 10.6. The molecule has 4 N–H and O–H groups in total. The first-order valence-corrected chi connectivity index (χ1v) is 21.5. The van der Waals surface area contributed by atoms with Gasteiger partial charge in [-0.25, -0.2) is 0 Å². The van der Waals surface area contributed by atoms with Gasteiger partial charge in [0.2, 0.25) is 0 Å². The van der Waals surface area contributed by atoms with Gasteiger partial charge in [-0.15, -0.1) is 0 Å². The molecule has 0 heterocycles. The topological polar surface area (TPSA) is 122 Å². The second kappa shape index (κ2) is 17.1. The highest BCUT2D eigenvalue weighted by Crippen LogP contribution is 2.40. The summed E-state index contributed by atoms with van der Waals surface area (Å²) in [6.45, 7) is 4.36. The van der Waals surface area contributed by atoms with E-state index in [1.807, 2.05) is 24.3 Å².